The third-order valence-electron chi connectivity index (χ3n) is 3.47. The Labute approximate surface area is 111 Å². The zero-order chi connectivity index (χ0) is 12.4. The molecule has 0 heterocycles. The molecule has 2 unspecified atom stereocenters. The van der Waals surface area contributed by atoms with Gasteiger partial charge >= 0.3 is 0 Å². The second-order valence-electron chi connectivity index (χ2n) is 5.38. The van der Waals surface area contributed by atoms with Crippen LogP contribution in [0, 0.1) is 17.7 Å². The average Bonchev–Trinajstić information content (AvgIpc) is 2.21. The lowest BCUT2D eigenvalue weighted by atomic mass is 9.80. The highest BCUT2D eigenvalue weighted by molar-refractivity contribution is 9.10. The summed E-state index contributed by atoms with van der Waals surface area (Å²) in [5.41, 5.74) is 0.625. The van der Waals surface area contributed by atoms with E-state index in [0.717, 1.165) is 29.2 Å². The molecule has 0 aromatic heterocycles. The number of hydrogen-bond donors (Lipinski definition) is 1. The molecule has 0 spiro atoms. The van der Waals surface area contributed by atoms with E-state index in [9.17, 15) is 4.39 Å². The third-order valence-corrected chi connectivity index (χ3v) is 3.96. The van der Waals surface area contributed by atoms with Crippen molar-refractivity contribution in [2.75, 3.05) is 5.32 Å². The Hall–Kier alpha value is -0.570. The van der Waals surface area contributed by atoms with Gasteiger partial charge in [-0.15, -0.1) is 0 Å². The lowest BCUT2D eigenvalue weighted by Gasteiger charge is -2.32. The van der Waals surface area contributed by atoms with Crippen LogP contribution < -0.4 is 5.32 Å². The van der Waals surface area contributed by atoms with Crippen LogP contribution in [-0.4, -0.2) is 6.04 Å². The fourth-order valence-electron chi connectivity index (χ4n) is 2.89. The molecule has 1 aromatic rings. The first kappa shape index (κ1) is 12.9. The summed E-state index contributed by atoms with van der Waals surface area (Å²) in [6.45, 7) is 4.56. The van der Waals surface area contributed by atoms with Crippen molar-refractivity contribution in [3.63, 3.8) is 0 Å². The summed E-state index contributed by atoms with van der Waals surface area (Å²) in [6.07, 6.45) is 3.57. The van der Waals surface area contributed by atoms with Gasteiger partial charge in [-0.3, -0.25) is 0 Å². The molecule has 1 aliphatic carbocycles. The minimum atomic E-state index is -0.176. The van der Waals surface area contributed by atoms with E-state index in [2.05, 4.69) is 35.1 Å². The molecule has 94 valence electrons. The van der Waals surface area contributed by atoms with Crippen LogP contribution in [0.15, 0.2) is 22.7 Å². The second kappa shape index (κ2) is 5.38. The van der Waals surface area contributed by atoms with Gasteiger partial charge in [-0.25, -0.2) is 4.39 Å². The summed E-state index contributed by atoms with van der Waals surface area (Å²) in [6, 6.07) is 5.60. The lowest BCUT2D eigenvalue weighted by molar-refractivity contribution is 0.280. The Morgan fingerprint density at radius 1 is 1.18 bits per heavy atom. The predicted octanol–water partition coefficient (Wildman–Crippen LogP) is 4.82. The Kier molecular flexibility index (Phi) is 4.08. The van der Waals surface area contributed by atoms with Gasteiger partial charge in [0, 0.05) is 10.5 Å². The second-order valence-corrected chi connectivity index (χ2v) is 6.30. The van der Waals surface area contributed by atoms with E-state index in [-0.39, 0.29) is 5.82 Å². The van der Waals surface area contributed by atoms with Crippen molar-refractivity contribution in [1.29, 1.82) is 0 Å². The largest absolute Gasteiger partial charge is 0.380 e. The molecule has 2 atom stereocenters. The van der Waals surface area contributed by atoms with Crippen LogP contribution in [0.5, 0.6) is 0 Å². The molecule has 0 amide bonds. The van der Waals surface area contributed by atoms with Crippen molar-refractivity contribution in [2.24, 2.45) is 11.8 Å². The van der Waals surface area contributed by atoms with Gasteiger partial charge in [0.05, 0.1) is 5.69 Å². The molecule has 1 aromatic carbocycles. The maximum atomic E-state index is 13.7. The first-order valence-electron chi connectivity index (χ1n) is 6.26. The van der Waals surface area contributed by atoms with E-state index in [1.54, 1.807) is 0 Å². The molecule has 1 aliphatic rings. The van der Waals surface area contributed by atoms with Crippen LogP contribution in [0.25, 0.3) is 0 Å². The van der Waals surface area contributed by atoms with Gasteiger partial charge in [-0.05, 0) is 49.3 Å². The van der Waals surface area contributed by atoms with Crippen LogP contribution in [0.4, 0.5) is 10.1 Å². The summed E-state index contributed by atoms with van der Waals surface area (Å²) in [7, 11) is 0. The van der Waals surface area contributed by atoms with Crippen molar-refractivity contribution < 1.29 is 4.39 Å². The predicted molar refractivity (Wildman–Crippen MR) is 73.7 cm³/mol. The van der Waals surface area contributed by atoms with E-state index in [1.807, 2.05) is 12.1 Å². The average molecular weight is 300 g/mol. The highest BCUT2D eigenvalue weighted by Gasteiger charge is 2.24. The molecule has 1 saturated carbocycles. The summed E-state index contributed by atoms with van der Waals surface area (Å²) >= 11 is 3.27. The Morgan fingerprint density at radius 2 is 1.82 bits per heavy atom. The Bertz CT molecular complexity index is 384. The summed E-state index contributed by atoms with van der Waals surface area (Å²) in [5.74, 6) is 1.29. The first-order chi connectivity index (χ1) is 8.04. The monoisotopic (exact) mass is 299 g/mol. The van der Waals surface area contributed by atoms with Crippen LogP contribution in [-0.2, 0) is 0 Å². The molecule has 2 rings (SSSR count). The van der Waals surface area contributed by atoms with Gasteiger partial charge < -0.3 is 5.32 Å². The smallest absolute Gasteiger partial charge is 0.147 e. The molecular weight excluding hydrogens is 281 g/mol. The number of halogens is 2. The van der Waals surface area contributed by atoms with Crippen molar-refractivity contribution in [3.8, 4) is 0 Å². The van der Waals surface area contributed by atoms with E-state index >= 15 is 0 Å². The topological polar surface area (TPSA) is 12.0 Å². The normalized spacial score (nSPS) is 29.1. The molecule has 1 N–H and O–H groups in total. The maximum absolute atomic E-state index is 13.7. The fraction of sp³-hybridized carbons (Fsp3) is 0.571. The molecule has 0 saturated heterocycles. The zero-order valence-corrected chi connectivity index (χ0v) is 11.9. The van der Waals surface area contributed by atoms with Gasteiger partial charge in [-0.2, -0.15) is 0 Å². The number of rotatable bonds is 2. The SMILES string of the molecule is CC1CC(C)CC(Nc2ccc(Br)cc2F)C1. The maximum Gasteiger partial charge on any atom is 0.147 e. The highest BCUT2D eigenvalue weighted by atomic mass is 79.9. The van der Waals surface area contributed by atoms with E-state index < -0.39 is 0 Å². The van der Waals surface area contributed by atoms with Crippen molar-refractivity contribution >= 4 is 21.6 Å². The fourth-order valence-corrected chi connectivity index (χ4v) is 3.22. The van der Waals surface area contributed by atoms with E-state index in [0.29, 0.717) is 11.7 Å². The van der Waals surface area contributed by atoms with Crippen LogP contribution in [0.3, 0.4) is 0 Å². The molecule has 0 radical (unpaired) electrons. The number of nitrogens with one attached hydrogen (secondary N) is 1. The van der Waals surface area contributed by atoms with Gasteiger partial charge in [0.15, 0.2) is 0 Å². The third kappa shape index (κ3) is 3.44. The van der Waals surface area contributed by atoms with E-state index in [4.69, 9.17) is 0 Å². The molecule has 0 aliphatic heterocycles. The number of anilines is 1. The molecule has 1 fully saturated rings. The molecule has 3 heteroatoms. The van der Waals surface area contributed by atoms with Crippen LogP contribution >= 0.6 is 15.9 Å². The van der Waals surface area contributed by atoms with Gasteiger partial charge in [-0.1, -0.05) is 29.8 Å². The molecule has 1 nitrogen and oxygen atoms in total. The van der Waals surface area contributed by atoms with Gasteiger partial charge in [0.2, 0.25) is 0 Å². The number of benzene rings is 1. The van der Waals surface area contributed by atoms with E-state index in [1.165, 1.54) is 12.5 Å². The molecule has 0 bridgehead atoms. The Balaban J connectivity index is 2.04. The first-order valence-corrected chi connectivity index (χ1v) is 7.05. The lowest BCUT2D eigenvalue weighted by Crippen LogP contribution is -2.30. The quantitative estimate of drug-likeness (QED) is 0.825. The summed E-state index contributed by atoms with van der Waals surface area (Å²) in [4.78, 5) is 0. The van der Waals surface area contributed by atoms with Gasteiger partial charge in [0.1, 0.15) is 5.82 Å². The Morgan fingerprint density at radius 3 is 2.41 bits per heavy atom. The van der Waals surface area contributed by atoms with Crippen molar-refractivity contribution in [2.45, 2.75) is 39.2 Å². The van der Waals surface area contributed by atoms with Crippen molar-refractivity contribution in [3.05, 3.63) is 28.5 Å². The molecule has 17 heavy (non-hydrogen) atoms. The molecular formula is C14H19BrFN. The highest BCUT2D eigenvalue weighted by Crippen LogP contribution is 2.31. The van der Waals surface area contributed by atoms with Gasteiger partial charge in [0.25, 0.3) is 0 Å². The minimum Gasteiger partial charge on any atom is -0.380 e. The standard InChI is InChI=1S/C14H19BrFN/c1-9-5-10(2)7-12(6-9)17-14-4-3-11(15)8-13(14)16/h3-4,8-10,12,17H,5-7H2,1-2H3. The van der Waals surface area contributed by atoms with Crippen LogP contribution in [0.1, 0.15) is 33.1 Å². The zero-order valence-electron chi connectivity index (χ0n) is 10.3. The van der Waals surface area contributed by atoms with Crippen LogP contribution in [0.2, 0.25) is 0 Å². The summed E-state index contributed by atoms with van der Waals surface area (Å²) < 4.78 is 14.5. The summed E-state index contributed by atoms with van der Waals surface area (Å²) in [5, 5.41) is 3.34. The number of hydrogen-bond acceptors (Lipinski definition) is 1. The van der Waals surface area contributed by atoms with Crippen molar-refractivity contribution in [1.82, 2.24) is 0 Å². The minimum absolute atomic E-state index is 0.176.